The first-order chi connectivity index (χ1) is 7.68. The van der Waals surface area contributed by atoms with E-state index in [9.17, 15) is 5.11 Å². The quantitative estimate of drug-likeness (QED) is 0.771. The van der Waals surface area contributed by atoms with Crippen molar-refractivity contribution >= 4 is 0 Å². The molecular weight excluding hydrogens is 198 g/mol. The minimum absolute atomic E-state index is 0.406. The first-order valence-electron chi connectivity index (χ1n) is 7.11. The second-order valence-corrected chi connectivity index (χ2v) is 6.21. The highest BCUT2D eigenvalue weighted by Gasteiger charge is 2.32. The Hall–Kier alpha value is -0.0800. The van der Waals surface area contributed by atoms with Crippen molar-refractivity contribution in [1.29, 1.82) is 0 Å². The Morgan fingerprint density at radius 1 is 1.19 bits per heavy atom. The summed E-state index contributed by atoms with van der Waals surface area (Å²) in [6.07, 6.45) is 10.1. The van der Waals surface area contributed by atoms with E-state index >= 15 is 0 Å². The molecule has 0 heterocycles. The topological polar surface area (TPSA) is 32.3 Å². The average molecular weight is 225 g/mol. The molecule has 2 aliphatic carbocycles. The molecule has 94 valence electrons. The van der Waals surface area contributed by atoms with Crippen LogP contribution < -0.4 is 5.32 Å². The Labute approximate surface area is 99.8 Å². The lowest BCUT2D eigenvalue weighted by atomic mass is 9.79. The summed E-state index contributed by atoms with van der Waals surface area (Å²) >= 11 is 0. The van der Waals surface area contributed by atoms with Crippen molar-refractivity contribution in [3.63, 3.8) is 0 Å². The van der Waals surface area contributed by atoms with E-state index in [2.05, 4.69) is 12.2 Å². The van der Waals surface area contributed by atoms with E-state index in [1.807, 2.05) is 0 Å². The fourth-order valence-corrected chi connectivity index (χ4v) is 3.52. The van der Waals surface area contributed by atoms with E-state index in [4.69, 9.17) is 0 Å². The first kappa shape index (κ1) is 12.4. The van der Waals surface area contributed by atoms with Gasteiger partial charge in [0.15, 0.2) is 0 Å². The molecule has 2 heteroatoms. The van der Waals surface area contributed by atoms with Gasteiger partial charge in [-0.2, -0.15) is 0 Å². The summed E-state index contributed by atoms with van der Waals surface area (Å²) in [4.78, 5) is 0. The summed E-state index contributed by atoms with van der Waals surface area (Å²) in [7, 11) is 0. The van der Waals surface area contributed by atoms with Crippen molar-refractivity contribution in [2.75, 3.05) is 13.1 Å². The van der Waals surface area contributed by atoms with Crippen molar-refractivity contribution in [1.82, 2.24) is 5.32 Å². The highest BCUT2D eigenvalue weighted by atomic mass is 16.3. The molecule has 2 aliphatic rings. The minimum Gasteiger partial charge on any atom is -0.389 e. The van der Waals surface area contributed by atoms with E-state index in [1.165, 1.54) is 38.5 Å². The Morgan fingerprint density at radius 2 is 1.94 bits per heavy atom. The number of rotatable bonds is 4. The van der Waals surface area contributed by atoms with Gasteiger partial charge in [-0.3, -0.25) is 0 Å². The van der Waals surface area contributed by atoms with Gasteiger partial charge in [-0.15, -0.1) is 0 Å². The van der Waals surface area contributed by atoms with Gasteiger partial charge in [0, 0.05) is 6.54 Å². The molecule has 0 aromatic heterocycles. The second kappa shape index (κ2) is 5.50. The highest BCUT2D eigenvalue weighted by molar-refractivity contribution is 4.87. The molecule has 2 atom stereocenters. The van der Waals surface area contributed by atoms with E-state index in [1.54, 1.807) is 0 Å². The lowest BCUT2D eigenvalue weighted by Crippen LogP contribution is -2.45. The number of nitrogens with one attached hydrogen (secondary N) is 1. The van der Waals surface area contributed by atoms with Gasteiger partial charge in [-0.25, -0.2) is 0 Å². The first-order valence-corrected chi connectivity index (χ1v) is 7.11. The van der Waals surface area contributed by atoms with E-state index in [-0.39, 0.29) is 0 Å². The van der Waals surface area contributed by atoms with Gasteiger partial charge < -0.3 is 10.4 Å². The maximum absolute atomic E-state index is 10.5. The molecule has 0 spiro atoms. The Morgan fingerprint density at radius 3 is 2.62 bits per heavy atom. The standard InChI is InChI=1S/C14H27NO/c1-12-5-4-8-14(16,9-12)11-15-10-13-6-2-3-7-13/h12-13,15-16H,2-11H2,1H3. The monoisotopic (exact) mass is 225 g/mol. The van der Waals surface area contributed by atoms with Crippen molar-refractivity contribution in [2.45, 2.75) is 63.9 Å². The zero-order valence-corrected chi connectivity index (χ0v) is 10.7. The maximum Gasteiger partial charge on any atom is 0.0774 e. The van der Waals surface area contributed by atoms with Gasteiger partial charge in [0.05, 0.1) is 5.60 Å². The third kappa shape index (κ3) is 3.46. The fourth-order valence-electron chi connectivity index (χ4n) is 3.52. The highest BCUT2D eigenvalue weighted by Crippen LogP contribution is 2.31. The molecule has 0 aromatic rings. The van der Waals surface area contributed by atoms with Crippen molar-refractivity contribution in [2.24, 2.45) is 11.8 Å². The SMILES string of the molecule is CC1CCCC(O)(CNCC2CCCC2)C1. The van der Waals surface area contributed by atoms with Crippen molar-refractivity contribution in [3.8, 4) is 0 Å². The third-order valence-electron chi connectivity index (χ3n) is 4.43. The van der Waals surface area contributed by atoms with Crippen LogP contribution in [0.25, 0.3) is 0 Å². The molecule has 0 radical (unpaired) electrons. The summed E-state index contributed by atoms with van der Waals surface area (Å²) < 4.78 is 0. The lowest BCUT2D eigenvalue weighted by molar-refractivity contribution is -0.0121. The molecule has 0 amide bonds. The molecule has 2 N–H and O–H groups in total. The van der Waals surface area contributed by atoms with Crippen LogP contribution in [0.1, 0.15) is 58.3 Å². The molecular formula is C14H27NO. The van der Waals surface area contributed by atoms with Crippen LogP contribution in [-0.4, -0.2) is 23.8 Å². The van der Waals surface area contributed by atoms with Crippen LogP contribution >= 0.6 is 0 Å². The zero-order valence-electron chi connectivity index (χ0n) is 10.7. The Kier molecular flexibility index (Phi) is 4.26. The normalized spacial score (nSPS) is 36.8. The fraction of sp³-hybridized carbons (Fsp3) is 1.00. The molecule has 2 saturated carbocycles. The maximum atomic E-state index is 10.5. The summed E-state index contributed by atoms with van der Waals surface area (Å²) in [6.45, 7) is 4.20. The molecule has 0 bridgehead atoms. The summed E-state index contributed by atoms with van der Waals surface area (Å²) in [5.41, 5.74) is -0.406. The smallest absolute Gasteiger partial charge is 0.0774 e. The molecule has 0 saturated heterocycles. The second-order valence-electron chi connectivity index (χ2n) is 6.21. The van der Waals surface area contributed by atoms with Crippen LogP contribution in [0, 0.1) is 11.8 Å². The van der Waals surface area contributed by atoms with Gasteiger partial charge in [0.1, 0.15) is 0 Å². The average Bonchev–Trinajstić information content (AvgIpc) is 2.69. The molecule has 2 unspecified atom stereocenters. The molecule has 0 aromatic carbocycles. The van der Waals surface area contributed by atoms with Gasteiger partial charge in [-0.05, 0) is 44.1 Å². The summed E-state index contributed by atoms with van der Waals surface area (Å²) in [5.74, 6) is 1.58. The zero-order chi connectivity index (χ0) is 11.4. The number of hydrogen-bond donors (Lipinski definition) is 2. The minimum atomic E-state index is -0.406. The molecule has 16 heavy (non-hydrogen) atoms. The van der Waals surface area contributed by atoms with Gasteiger partial charge >= 0.3 is 0 Å². The van der Waals surface area contributed by atoms with E-state index in [0.29, 0.717) is 5.92 Å². The predicted molar refractivity (Wildman–Crippen MR) is 67.4 cm³/mol. The Bertz CT molecular complexity index is 213. The van der Waals surface area contributed by atoms with Crippen LogP contribution in [-0.2, 0) is 0 Å². The van der Waals surface area contributed by atoms with Crippen LogP contribution in [0.4, 0.5) is 0 Å². The molecule has 0 aliphatic heterocycles. The molecule has 2 fully saturated rings. The van der Waals surface area contributed by atoms with Crippen LogP contribution in [0.15, 0.2) is 0 Å². The Balaban J connectivity index is 1.67. The van der Waals surface area contributed by atoms with Crippen LogP contribution in [0.5, 0.6) is 0 Å². The third-order valence-corrected chi connectivity index (χ3v) is 4.43. The lowest BCUT2D eigenvalue weighted by Gasteiger charge is -2.36. The molecule has 2 nitrogen and oxygen atoms in total. The largest absolute Gasteiger partial charge is 0.389 e. The van der Waals surface area contributed by atoms with E-state index in [0.717, 1.165) is 31.8 Å². The van der Waals surface area contributed by atoms with Crippen LogP contribution in [0.2, 0.25) is 0 Å². The summed E-state index contributed by atoms with van der Waals surface area (Å²) in [5, 5.41) is 14.0. The number of hydrogen-bond acceptors (Lipinski definition) is 2. The van der Waals surface area contributed by atoms with E-state index < -0.39 is 5.60 Å². The van der Waals surface area contributed by atoms with Crippen LogP contribution in [0.3, 0.4) is 0 Å². The van der Waals surface area contributed by atoms with Crippen molar-refractivity contribution < 1.29 is 5.11 Å². The molecule has 2 rings (SSSR count). The summed E-state index contributed by atoms with van der Waals surface area (Å²) in [6, 6.07) is 0. The van der Waals surface area contributed by atoms with Gasteiger partial charge in [0.25, 0.3) is 0 Å². The number of aliphatic hydroxyl groups is 1. The van der Waals surface area contributed by atoms with Gasteiger partial charge in [-0.1, -0.05) is 32.6 Å². The van der Waals surface area contributed by atoms with Crippen molar-refractivity contribution in [3.05, 3.63) is 0 Å². The van der Waals surface area contributed by atoms with Gasteiger partial charge in [0.2, 0.25) is 0 Å². The predicted octanol–water partition coefficient (Wildman–Crippen LogP) is 2.71.